The molecule has 2 aliphatic heterocycles. The van der Waals surface area contributed by atoms with Crippen molar-refractivity contribution in [1.29, 1.82) is 0 Å². The van der Waals surface area contributed by atoms with E-state index in [0.29, 0.717) is 44.3 Å². The molecule has 3 aromatic rings. The molecule has 0 saturated carbocycles. The molecule has 5 rings (SSSR count). The van der Waals surface area contributed by atoms with Gasteiger partial charge in [-0.15, -0.1) is 0 Å². The number of methoxy groups -OCH3 is 1. The Hall–Kier alpha value is -4.00. The average molecular weight is 534 g/mol. The fourth-order valence-electron chi connectivity index (χ4n) is 4.62. The van der Waals surface area contributed by atoms with Gasteiger partial charge in [-0.1, -0.05) is 0 Å². The van der Waals surface area contributed by atoms with E-state index in [9.17, 15) is 18.9 Å². The third-order valence-electron chi connectivity index (χ3n) is 6.63. The van der Waals surface area contributed by atoms with E-state index in [4.69, 9.17) is 18.9 Å². The second-order valence-electron chi connectivity index (χ2n) is 9.06. The number of benzene rings is 2. The molecule has 2 atom stereocenters. The molecular weight excluding hydrogens is 509 g/mol. The fourth-order valence-corrected chi connectivity index (χ4v) is 4.62. The van der Waals surface area contributed by atoms with Crippen LogP contribution < -0.4 is 19.1 Å². The largest absolute Gasteiger partial charge is 0.490 e. The number of hydrogen-bond donors (Lipinski definition) is 0. The second kappa shape index (κ2) is 10.4. The summed E-state index contributed by atoms with van der Waals surface area (Å²) in [5, 5.41) is 10.8. The van der Waals surface area contributed by atoms with Crippen molar-refractivity contribution in [3.05, 3.63) is 70.4 Å². The number of alkyl halides is 1. The third-order valence-corrected chi connectivity index (χ3v) is 6.63. The van der Waals surface area contributed by atoms with Crippen molar-refractivity contribution in [2.75, 3.05) is 31.7 Å². The number of hydrogen-bond acceptors (Lipinski definition) is 8. The van der Waals surface area contributed by atoms with Gasteiger partial charge in [0.05, 0.1) is 12.5 Å². The van der Waals surface area contributed by atoms with E-state index in [1.807, 2.05) is 24.3 Å². The number of fused-ring (bicyclic) bond motifs is 1. The van der Waals surface area contributed by atoms with Crippen molar-refractivity contribution in [3.63, 3.8) is 0 Å². The maximum Gasteiger partial charge on any atom is 0.414 e. The van der Waals surface area contributed by atoms with Crippen LogP contribution in [0, 0.1) is 27.7 Å². The quantitative estimate of drug-likeness (QED) is 0.225. The summed E-state index contributed by atoms with van der Waals surface area (Å²) in [6, 6.07) is 7.72. The van der Waals surface area contributed by atoms with Gasteiger partial charge in [0.25, 0.3) is 0 Å². The molecule has 0 radical (unpaired) electrons. The number of rotatable bonds is 9. The number of halogens is 3. The van der Waals surface area contributed by atoms with Gasteiger partial charge in [0.2, 0.25) is 0 Å². The van der Waals surface area contributed by atoms with Crippen LogP contribution in [-0.4, -0.2) is 53.4 Å². The molecule has 3 heterocycles. The van der Waals surface area contributed by atoms with Crippen molar-refractivity contribution in [1.82, 2.24) is 9.55 Å². The first-order valence-electron chi connectivity index (χ1n) is 12.0. The zero-order chi connectivity index (χ0) is 26.9. The Bertz CT molecular complexity index is 1280. The van der Waals surface area contributed by atoms with Crippen LogP contribution in [0.15, 0.2) is 48.7 Å². The predicted molar refractivity (Wildman–Crippen MR) is 128 cm³/mol. The van der Waals surface area contributed by atoms with Gasteiger partial charge in [0.1, 0.15) is 24.4 Å². The van der Waals surface area contributed by atoms with Gasteiger partial charge in [-0.05, 0) is 54.2 Å². The van der Waals surface area contributed by atoms with Crippen LogP contribution >= 0.6 is 0 Å². The summed E-state index contributed by atoms with van der Waals surface area (Å²) in [6.45, 7) is 1.68. The fraction of sp³-hybridized carbons (Fsp3) is 0.400. The standard InChI is InChI=1S/C25H25F3N4O6/c1-35-25(28,38-22-7-2-17(26)12-21(22)27)16-8-10-30(11-9-16)18-3-5-19(6-4-18)36-15-20-13-31-14-23(32(33)34)29-24(31)37-20/h2-7,12,14,16,20H,8-11,13,15H2,1H3/t20?,25-/m1/s1. The van der Waals surface area contributed by atoms with E-state index in [1.165, 1.54) is 6.20 Å². The molecule has 2 aromatic carbocycles. The van der Waals surface area contributed by atoms with Crippen molar-refractivity contribution in [2.45, 2.75) is 31.5 Å². The Kier molecular flexibility index (Phi) is 7.02. The first-order valence-corrected chi connectivity index (χ1v) is 12.0. The summed E-state index contributed by atoms with van der Waals surface area (Å²) in [4.78, 5) is 16.1. The van der Waals surface area contributed by atoms with Gasteiger partial charge >= 0.3 is 17.9 Å². The molecule has 2 aliphatic rings. The molecule has 10 nitrogen and oxygen atoms in total. The summed E-state index contributed by atoms with van der Waals surface area (Å²) < 4.78 is 65.9. The maximum atomic E-state index is 15.5. The van der Waals surface area contributed by atoms with Gasteiger partial charge in [-0.2, -0.15) is 4.39 Å². The number of nitro groups is 1. The van der Waals surface area contributed by atoms with E-state index in [0.717, 1.165) is 24.9 Å². The Morgan fingerprint density at radius 3 is 2.55 bits per heavy atom. The van der Waals surface area contributed by atoms with Crippen molar-refractivity contribution in [3.8, 4) is 17.5 Å². The van der Waals surface area contributed by atoms with Crippen LogP contribution in [0.25, 0.3) is 0 Å². The molecule has 0 spiro atoms. The summed E-state index contributed by atoms with van der Waals surface area (Å²) >= 11 is 0. The molecule has 0 amide bonds. The Morgan fingerprint density at radius 1 is 1.18 bits per heavy atom. The molecule has 0 bridgehead atoms. The lowest BCUT2D eigenvalue weighted by atomic mass is 9.94. The zero-order valence-electron chi connectivity index (χ0n) is 20.4. The van der Waals surface area contributed by atoms with Crippen LogP contribution in [0.4, 0.5) is 24.7 Å². The predicted octanol–water partition coefficient (Wildman–Crippen LogP) is 4.47. The highest BCUT2D eigenvalue weighted by atomic mass is 19.2. The molecule has 1 aromatic heterocycles. The normalized spacial score (nSPS) is 18.9. The summed E-state index contributed by atoms with van der Waals surface area (Å²) in [6.07, 6.45) is 1.79. The molecule has 202 valence electrons. The smallest absolute Gasteiger partial charge is 0.414 e. The monoisotopic (exact) mass is 534 g/mol. The van der Waals surface area contributed by atoms with Crippen LogP contribution in [0.5, 0.6) is 17.5 Å². The average Bonchev–Trinajstić information content (AvgIpc) is 3.49. The topological polar surface area (TPSA) is 101 Å². The van der Waals surface area contributed by atoms with Gasteiger partial charge in [-0.25, -0.2) is 8.78 Å². The lowest BCUT2D eigenvalue weighted by molar-refractivity contribution is -0.389. The molecule has 13 heteroatoms. The highest BCUT2D eigenvalue weighted by Crippen LogP contribution is 2.37. The molecule has 0 aliphatic carbocycles. The summed E-state index contributed by atoms with van der Waals surface area (Å²) in [7, 11) is 1.15. The van der Waals surface area contributed by atoms with Crippen LogP contribution in [0.3, 0.4) is 0 Å². The summed E-state index contributed by atoms with van der Waals surface area (Å²) in [5.74, 6) is -2.49. The minimum Gasteiger partial charge on any atom is -0.490 e. The second-order valence-corrected chi connectivity index (χ2v) is 9.06. The van der Waals surface area contributed by atoms with E-state index in [1.54, 1.807) is 4.57 Å². The number of imidazole rings is 1. The van der Waals surface area contributed by atoms with Gasteiger partial charge in [0, 0.05) is 36.9 Å². The highest BCUT2D eigenvalue weighted by Gasteiger charge is 2.44. The number of nitrogens with zero attached hydrogens (tertiary/aromatic N) is 4. The molecule has 1 saturated heterocycles. The number of aromatic nitrogens is 2. The molecule has 1 fully saturated rings. The van der Waals surface area contributed by atoms with E-state index in [2.05, 4.69) is 9.88 Å². The third kappa shape index (κ3) is 5.32. The minimum atomic E-state index is -2.55. The summed E-state index contributed by atoms with van der Waals surface area (Å²) in [5.41, 5.74) is 0.924. The lowest BCUT2D eigenvalue weighted by Crippen LogP contribution is -2.47. The van der Waals surface area contributed by atoms with Gasteiger partial charge < -0.3 is 34.0 Å². The van der Waals surface area contributed by atoms with E-state index in [-0.39, 0.29) is 24.5 Å². The molecular formula is C25H25F3N4O6. The number of ether oxygens (including phenoxy) is 4. The molecule has 1 unspecified atom stereocenters. The first-order chi connectivity index (χ1) is 18.2. The lowest BCUT2D eigenvalue weighted by Gasteiger charge is -2.39. The number of piperidine rings is 1. The van der Waals surface area contributed by atoms with Gasteiger partial charge in [-0.3, -0.25) is 4.57 Å². The first kappa shape index (κ1) is 25.6. The van der Waals surface area contributed by atoms with Crippen LogP contribution in [0.1, 0.15) is 12.8 Å². The Balaban J connectivity index is 1.11. The minimum absolute atomic E-state index is 0.197. The molecule has 0 N–H and O–H groups in total. The van der Waals surface area contributed by atoms with Crippen molar-refractivity contribution >= 4 is 11.5 Å². The highest BCUT2D eigenvalue weighted by molar-refractivity contribution is 5.49. The van der Waals surface area contributed by atoms with Crippen LogP contribution in [-0.2, 0) is 11.3 Å². The van der Waals surface area contributed by atoms with Crippen molar-refractivity contribution in [2.24, 2.45) is 5.92 Å². The maximum absolute atomic E-state index is 15.5. The molecule has 38 heavy (non-hydrogen) atoms. The van der Waals surface area contributed by atoms with Gasteiger partial charge in [0.15, 0.2) is 17.7 Å². The van der Waals surface area contributed by atoms with E-state index >= 15 is 4.39 Å². The van der Waals surface area contributed by atoms with Crippen molar-refractivity contribution < 1.29 is 37.0 Å². The van der Waals surface area contributed by atoms with E-state index < -0.39 is 34.3 Å². The number of anilines is 1. The SMILES string of the molecule is CO[C@@](F)(Oc1ccc(F)cc1F)C1CCN(c2ccc(OCC3Cn4cc([N+](=O)[O-])nc4O3)cc2)CC1. The Morgan fingerprint density at radius 2 is 1.92 bits per heavy atom. The zero-order valence-corrected chi connectivity index (χ0v) is 20.4. The van der Waals surface area contributed by atoms with Crippen LogP contribution in [0.2, 0.25) is 0 Å². The Labute approximate surface area is 215 Å².